The SMILES string of the molecule is COc1cc(Oc2ccc(Br)cc2)ncn1. The third kappa shape index (κ3) is 2.70. The van der Waals surface area contributed by atoms with E-state index in [1.807, 2.05) is 24.3 Å². The molecule has 0 saturated carbocycles. The summed E-state index contributed by atoms with van der Waals surface area (Å²) in [6.07, 6.45) is 1.40. The third-order valence-corrected chi connectivity index (χ3v) is 2.39. The van der Waals surface area contributed by atoms with Gasteiger partial charge < -0.3 is 9.47 Å². The highest BCUT2D eigenvalue weighted by molar-refractivity contribution is 9.10. The lowest BCUT2D eigenvalue weighted by Gasteiger charge is -2.05. The molecule has 16 heavy (non-hydrogen) atoms. The van der Waals surface area contributed by atoms with Crippen LogP contribution in [0.15, 0.2) is 41.1 Å². The fourth-order valence-corrected chi connectivity index (χ4v) is 1.38. The molecule has 1 aromatic carbocycles. The topological polar surface area (TPSA) is 44.2 Å². The number of ether oxygens (including phenoxy) is 2. The lowest BCUT2D eigenvalue weighted by molar-refractivity contribution is 0.388. The van der Waals surface area contributed by atoms with Crippen LogP contribution >= 0.6 is 15.9 Å². The van der Waals surface area contributed by atoms with Crippen LogP contribution < -0.4 is 9.47 Å². The Labute approximate surface area is 101 Å². The average Bonchev–Trinajstić information content (AvgIpc) is 2.32. The molecule has 0 aliphatic carbocycles. The Morgan fingerprint density at radius 2 is 1.75 bits per heavy atom. The van der Waals surface area contributed by atoms with Gasteiger partial charge >= 0.3 is 0 Å². The molecule has 1 aromatic heterocycles. The maximum absolute atomic E-state index is 5.52. The summed E-state index contributed by atoms with van der Waals surface area (Å²) in [5.74, 6) is 1.64. The molecule has 1 heterocycles. The van der Waals surface area contributed by atoms with Crippen LogP contribution in [0.2, 0.25) is 0 Å². The number of halogens is 1. The molecule has 82 valence electrons. The molecule has 0 N–H and O–H groups in total. The zero-order chi connectivity index (χ0) is 11.4. The van der Waals surface area contributed by atoms with Crippen molar-refractivity contribution < 1.29 is 9.47 Å². The average molecular weight is 281 g/mol. The van der Waals surface area contributed by atoms with Gasteiger partial charge in [0, 0.05) is 4.47 Å². The lowest BCUT2D eigenvalue weighted by Crippen LogP contribution is -1.92. The van der Waals surface area contributed by atoms with Gasteiger partial charge in [-0.3, -0.25) is 0 Å². The molecule has 0 atom stereocenters. The van der Waals surface area contributed by atoms with Crippen LogP contribution in [0.3, 0.4) is 0 Å². The molecular weight excluding hydrogens is 272 g/mol. The zero-order valence-electron chi connectivity index (χ0n) is 8.55. The zero-order valence-corrected chi connectivity index (χ0v) is 10.1. The predicted octanol–water partition coefficient (Wildman–Crippen LogP) is 3.04. The number of benzene rings is 1. The van der Waals surface area contributed by atoms with Gasteiger partial charge in [-0.2, -0.15) is 0 Å². The van der Waals surface area contributed by atoms with Crippen molar-refractivity contribution in [2.24, 2.45) is 0 Å². The first-order chi connectivity index (χ1) is 7.78. The van der Waals surface area contributed by atoms with E-state index < -0.39 is 0 Å². The monoisotopic (exact) mass is 280 g/mol. The molecule has 0 saturated heterocycles. The van der Waals surface area contributed by atoms with Crippen molar-refractivity contribution in [2.45, 2.75) is 0 Å². The summed E-state index contributed by atoms with van der Waals surface area (Å²) in [6, 6.07) is 9.11. The van der Waals surface area contributed by atoms with Crippen molar-refractivity contribution in [1.29, 1.82) is 0 Å². The molecule has 4 nitrogen and oxygen atoms in total. The maximum Gasteiger partial charge on any atom is 0.226 e. The molecule has 5 heteroatoms. The van der Waals surface area contributed by atoms with Gasteiger partial charge in [0.05, 0.1) is 13.2 Å². The van der Waals surface area contributed by atoms with Crippen LogP contribution in [-0.2, 0) is 0 Å². The van der Waals surface area contributed by atoms with E-state index in [1.165, 1.54) is 6.33 Å². The highest BCUT2D eigenvalue weighted by Gasteiger charge is 2.01. The number of hydrogen-bond donors (Lipinski definition) is 0. The van der Waals surface area contributed by atoms with E-state index in [-0.39, 0.29) is 0 Å². The third-order valence-electron chi connectivity index (χ3n) is 1.86. The van der Waals surface area contributed by atoms with Crippen molar-refractivity contribution in [3.8, 4) is 17.5 Å². The smallest absolute Gasteiger partial charge is 0.226 e. The van der Waals surface area contributed by atoms with Crippen LogP contribution in [0.1, 0.15) is 0 Å². The first-order valence-corrected chi connectivity index (χ1v) is 5.36. The Morgan fingerprint density at radius 1 is 1.06 bits per heavy atom. The number of aromatic nitrogens is 2. The van der Waals surface area contributed by atoms with Gasteiger partial charge in [-0.25, -0.2) is 9.97 Å². The van der Waals surface area contributed by atoms with E-state index in [0.29, 0.717) is 17.5 Å². The molecular formula is C11H9BrN2O2. The summed E-state index contributed by atoms with van der Waals surface area (Å²) in [4.78, 5) is 7.87. The Morgan fingerprint density at radius 3 is 2.44 bits per heavy atom. The fraction of sp³-hybridized carbons (Fsp3) is 0.0909. The fourth-order valence-electron chi connectivity index (χ4n) is 1.11. The van der Waals surface area contributed by atoms with Gasteiger partial charge in [-0.05, 0) is 24.3 Å². The Bertz CT molecular complexity index is 474. The van der Waals surface area contributed by atoms with Crippen LogP contribution in [0, 0.1) is 0 Å². The maximum atomic E-state index is 5.52. The highest BCUT2D eigenvalue weighted by atomic mass is 79.9. The summed E-state index contributed by atoms with van der Waals surface area (Å²) in [5.41, 5.74) is 0. The number of hydrogen-bond acceptors (Lipinski definition) is 4. The molecule has 2 rings (SSSR count). The van der Waals surface area contributed by atoms with Crippen molar-refractivity contribution >= 4 is 15.9 Å². The van der Waals surface area contributed by atoms with E-state index in [1.54, 1.807) is 13.2 Å². The van der Waals surface area contributed by atoms with Crippen molar-refractivity contribution in [3.05, 3.63) is 41.1 Å². The van der Waals surface area contributed by atoms with E-state index in [9.17, 15) is 0 Å². The van der Waals surface area contributed by atoms with E-state index in [4.69, 9.17) is 9.47 Å². The first-order valence-electron chi connectivity index (χ1n) is 4.57. The van der Waals surface area contributed by atoms with Crippen molar-refractivity contribution in [2.75, 3.05) is 7.11 Å². The minimum Gasteiger partial charge on any atom is -0.481 e. The first kappa shape index (κ1) is 10.9. The normalized spacial score (nSPS) is 9.88. The minimum atomic E-state index is 0.453. The van der Waals surface area contributed by atoms with Crippen LogP contribution in [0.5, 0.6) is 17.5 Å². The molecule has 0 bridgehead atoms. The molecule has 0 aliphatic heterocycles. The minimum absolute atomic E-state index is 0.453. The number of methoxy groups -OCH3 is 1. The van der Waals surface area contributed by atoms with E-state index in [0.717, 1.165) is 4.47 Å². The quantitative estimate of drug-likeness (QED) is 0.867. The van der Waals surface area contributed by atoms with E-state index >= 15 is 0 Å². The van der Waals surface area contributed by atoms with Gasteiger partial charge in [0.15, 0.2) is 0 Å². The second-order valence-corrected chi connectivity index (χ2v) is 3.87. The Hall–Kier alpha value is -1.62. The molecule has 0 spiro atoms. The number of nitrogens with zero attached hydrogens (tertiary/aromatic N) is 2. The van der Waals surface area contributed by atoms with Gasteiger partial charge in [0.25, 0.3) is 0 Å². The van der Waals surface area contributed by atoms with Gasteiger partial charge in [0.1, 0.15) is 12.1 Å². The van der Waals surface area contributed by atoms with Crippen molar-refractivity contribution in [1.82, 2.24) is 9.97 Å². The summed E-state index contributed by atoms with van der Waals surface area (Å²) in [5, 5.41) is 0. The van der Waals surface area contributed by atoms with Gasteiger partial charge in [-0.15, -0.1) is 0 Å². The van der Waals surface area contributed by atoms with Gasteiger partial charge in [-0.1, -0.05) is 15.9 Å². The molecule has 0 fully saturated rings. The second kappa shape index (κ2) is 4.94. The largest absolute Gasteiger partial charge is 0.481 e. The van der Waals surface area contributed by atoms with Gasteiger partial charge in [0.2, 0.25) is 11.8 Å². The molecule has 2 aromatic rings. The lowest BCUT2D eigenvalue weighted by atomic mass is 10.3. The Balaban J connectivity index is 2.16. The standard InChI is InChI=1S/C11H9BrN2O2/c1-15-10-6-11(14-7-13-10)16-9-4-2-8(12)3-5-9/h2-7H,1H3. The number of rotatable bonds is 3. The molecule has 0 amide bonds. The van der Waals surface area contributed by atoms with E-state index in [2.05, 4.69) is 25.9 Å². The molecule has 0 radical (unpaired) electrons. The Kier molecular flexibility index (Phi) is 3.36. The summed E-state index contributed by atoms with van der Waals surface area (Å²) in [6.45, 7) is 0. The van der Waals surface area contributed by atoms with Crippen LogP contribution in [0.25, 0.3) is 0 Å². The molecule has 0 aliphatic rings. The second-order valence-electron chi connectivity index (χ2n) is 2.95. The summed E-state index contributed by atoms with van der Waals surface area (Å²) < 4.78 is 11.5. The molecule has 0 unspecified atom stereocenters. The predicted molar refractivity (Wildman–Crippen MR) is 62.8 cm³/mol. The summed E-state index contributed by atoms with van der Waals surface area (Å²) >= 11 is 3.35. The van der Waals surface area contributed by atoms with Crippen LogP contribution in [0.4, 0.5) is 0 Å². The van der Waals surface area contributed by atoms with Crippen LogP contribution in [-0.4, -0.2) is 17.1 Å². The summed E-state index contributed by atoms with van der Waals surface area (Å²) in [7, 11) is 1.55. The van der Waals surface area contributed by atoms with Crippen molar-refractivity contribution in [3.63, 3.8) is 0 Å². The highest BCUT2D eigenvalue weighted by Crippen LogP contribution is 2.22.